The molecule has 0 saturated heterocycles. The van der Waals surface area contributed by atoms with Crippen molar-refractivity contribution in [2.45, 2.75) is 32.4 Å². The van der Waals surface area contributed by atoms with E-state index in [0.717, 1.165) is 25.0 Å². The van der Waals surface area contributed by atoms with Crippen molar-refractivity contribution < 1.29 is 0 Å². The van der Waals surface area contributed by atoms with Crippen LogP contribution in [0.2, 0.25) is 0 Å². The molecule has 1 atom stereocenters. The van der Waals surface area contributed by atoms with E-state index in [9.17, 15) is 0 Å². The first-order valence-corrected chi connectivity index (χ1v) is 7.50. The molecule has 3 nitrogen and oxygen atoms in total. The first-order valence-electron chi connectivity index (χ1n) is 7.50. The molecule has 3 heteroatoms. The van der Waals surface area contributed by atoms with E-state index in [0.29, 0.717) is 0 Å². The molecule has 2 heterocycles. The molecule has 0 fully saturated rings. The fourth-order valence-corrected chi connectivity index (χ4v) is 2.69. The van der Waals surface area contributed by atoms with Crippen molar-refractivity contribution in [2.75, 3.05) is 0 Å². The topological polar surface area (TPSA) is 43.8 Å². The molecule has 1 aromatic carbocycles. The summed E-state index contributed by atoms with van der Waals surface area (Å²) in [6.45, 7) is 2.97. The van der Waals surface area contributed by atoms with Crippen LogP contribution in [0.25, 0.3) is 11.0 Å². The average Bonchev–Trinajstić information content (AvgIpc) is 2.86. The van der Waals surface area contributed by atoms with E-state index in [1.165, 1.54) is 16.5 Å². The van der Waals surface area contributed by atoms with Crippen LogP contribution in [-0.2, 0) is 13.0 Å². The molecule has 1 unspecified atom stereocenters. The maximum atomic E-state index is 6.13. The fraction of sp³-hybridized carbons (Fsp3) is 0.278. The van der Waals surface area contributed by atoms with E-state index < -0.39 is 0 Å². The van der Waals surface area contributed by atoms with Crippen LogP contribution in [0, 0.1) is 0 Å². The van der Waals surface area contributed by atoms with Crippen LogP contribution in [0.15, 0.2) is 54.9 Å². The van der Waals surface area contributed by atoms with E-state index in [2.05, 4.69) is 53.0 Å². The molecule has 0 spiro atoms. The van der Waals surface area contributed by atoms with Gasteiger partial charge < -0.3 is 10.3 Å². The van der Waals surface area contributed by atoms with Gasteiger partial charge in [0.25, 0.3) is 0 Å². The number of pyridine rings is 1. The minimum Gasteiger partial charge on any atom is -0.328 e. The predicted octanol–water partition coefficient (Wildman–Crippen LogP) is 3.36. The van der Waals surface area contributed by atoms with Crippen molar-refractivity contribution in [1.29, 1.82) is 0 Å². The highest BCUT2D eigenvalue weighted by atomic mass is 15.0. The monoisotopic (exact) mass is 279 g/mol. The van der Waals surface area contributed by atoms with Gasteiger partial charge in [-0.3, -0.25) is 0 Å². The van der Waals surface area contributed by atoms with Gasteiger partial charge >= 0.3 is 0 Å². The third-order valence-corrected chi connectivity index (χ3v) is 3.92. The molecule has 0 radical (unpaired) electrons. The maximum absolute atomic E-state index is 6.13. The van der Waals surface area contributed by atoms with Crippen LogP contribution in [-0.4, -0.2) is 15.6 Å². The lowest BCUT2D eigenvalue weighted by Crippen LogP contribution is -2.21. The van der Waals surface area contributed by atoms with Crippen LogP contribution in [0.5, 0.6) is 0 Å². The second kappa shape index (κ2) is 6.10. The normalized spacial score (nSPS) is 12.7. The quantitative estimate of drug-likeness (QED) is 0.778. The second-order valence-electron chi connectivity index (χ2n) is 5.51. The molecule has 3 aromatic rings. The Morgan fingerprint density at radius 2 is 1.95 bits per heavy atom. The third-order valence-electron chi connectivity index (χ3n) is 3.92. The molecule has 0 aliphatic carbocycles. The Hall–Kier alpha value is -2.13. The summed E-state index contributed by atoms with van der Waals surface area (Å²) in [7, 11) is 0. The highest BCUT2D eigenvalue weighted by molar-refractivity contribution is 5.80. The Morgan fingerprint density at radius 3 is 2.71 bits per heavy atom. The summed E-state index contributed by atoms with van der Waals surface area (Å²) in [5.74, 6) is 0. The summed E-state index contributed by atoms with van der Waals surface area (Å²) >= 11 is 0. The Balaban J connectivity index is 1.99. The van der Waals surface area contributed by atoms with E-state index in [4.69, 9.17) is 5.73 Å². The smallest absolute Gasteiger partial charge is 0.140 e. The van der Waals surface area contributed by atoms with Gasteiger partial charge in [0, 0.05) is 30.4 Å². The third kappa shape index (κ3) is 2.98. The first-order chi connectivity index (χ1) is 10.3. The molecular weight excluding hydrogens is 258 g/mol. The second-order valence-corrected chi connectivity index (χ2v) is 5.51. The van der Waals surface area contributed by atoms with Crippen LogP contribution < -0.4 is 5.73 Å². The number of hydrogen-bond acceptors (Lipinski definition) is 2. The number of benzene rings is 1. The van der Waals surface area contributed by atoms with Crippen molar-refractivity contribution in [3.8, 4) is 0 Å². The zero-order valence-corrected chi connectivity index (χ0v) is 12.4. The summed E-state index contributed by atoms with van der Waals surface area (Å²) < 4.78 is 2.22. The Labute approximate surface area is 125 Å². The van der Waals surface area contributed by atoms with Crippen molar-refractivity contribution in [2.24, 2.45) is 5.73 Å². The van der Waals surface area contributed by atoms with Crippen molar-refractivity contribution in [1.82, 2.24) is 9.55 Å². The highest BCUT2D eigenvalue weighted by Gasteiger charge is 2.11. The summed E-state index contributed by atoms with van der Waals surface area (Å²) in [6.07, 6.45) is 5.96. The van der Waals surface area contributed by atoms with Gasteiger partial charge in [-0.1, -0.05) is 37.3 Å². The molecule has 0 amide bonds. The number of rotatable bonds is 5. The lowest BCUT2D eigenvalue weighted by Gasteiger charge is -2.06. The van der Waals surface area contributed by atoms with Crippen LogP contribution in [0.1, 0.15) is 24.5 Å². The molecule has 2 N–H and O–H groups in total. The zero-order chi connectivity index (χ0) is 14.7. The Bertz CT molecular complexity index is 716. The SMILES string of the molecule is CCC(N)Cc1cn(Cc2ccccc2)c2ncccc12. The average molecular weight is 279 g/mol. The van der Waals surface area contributed by atoms with E-state index in [1.807, 2.05) is 18.3 Å². The Kier molecular flexibility index (Phi) is 4.02. The molecule has 0 aliphatic heterocycles. The summed E-state index contributed by atoms with van der Waals surface area (Å²) in [4.78, 5) is 4.55. The van der Waals surface area contributed by atoms with E-state index >= 15 is 0 Å². The summed E-state index contributed by atoms with van der Waals surface area (Å²) in [5.41, 5.74) is 9.75. The molecule has 3 rings (SSSR count). The zero-order valence-electron chi connectivity index (χ0n) is 12.4. The van der Waals surface area contributed by atoms with Gasteiger partial charge in [0.2, 0.25) is 0 Å². The fourth-order valence-electron chi connectivity index (χ4n) is 2.69. The molecule has 2 aromatic heterocycles. The van der Waals surface area contributed by atoms with E-state index in [1.54, 1.807) is 0 Å². The number of hydrogen-bond donors (Lipinski definition) is 1. The first kappa shape index (κ1) is 13.8. The van der Waals surface area contributed by atoms with Crippen molar-refractivity contribution in [3.05, 3.63) is 66.0 Å². The predicted molar refractivity (Wildman–Crippen MR) is 87.2 cm³/mol. The van der Waals surface area contributed by atoms with Gasteiger partial charge in [0.15, 0.2) is 0 Å². The van der Waals surface area contributed by atoms with Gasteiger partial charge in [-0.05, 0) is 36.1 Å². The van der Waals surface area contributed by atoms with Crippen LogP contribution in [0.4, 0.5) is 0 Å². The van der Waals surface area contributed by atoms with Gasteiger partial charge in [-0.25, -0.2) is 4.98 Å². The molecule has 21 heavy (non-hydrogen) atoms. The summed E-state index contributed by atoms with van der Waals surface area (Å²) in [6, 6.07) is 14.8. The molecule has 0 aliphatic rings. The number of fused-ring (bicyclic) bond motifs is 1. The number of nitrogens with zero attached hydrogens (tertiary/aromatic N) is 2. The Morgan fingerprint density at radius 1 is 1.14 bits per heavy atom. The lowest BCUT2D eigenvalue weighted by molar-refractivity contribution is 0.646. The minimum atomic E-state index is 0.209. The molecule has 0 saturated carbocycles. The van der Waals surface area contributed by atoms with Gasteiger partial charge in [0.1, 0.15) is 5.65 Å². The van der Waals surface area contributed by atoms with Gasteiger partial charge in [-0.2, -0.15) is 0 Å². The van der Waals surface area contributed by atoms with Crippen LogP contribution >= 0.6 is 0 Å². The van der Waals surface area contributed by atoms with Crippen LogP contribution in [0.3, 0.4) is 0 Å². The minimum absolute atomic E-state index is 0.209. The lowest BCUT2D eigenvalue weighted by atomic mass is 10.1. The summed E-state index contributed by atoms with van der Waals surface area (Å²) in [5, 5.41) is 1.22. The van der Waals surface area contributed by atoms with Crippen molar-refractivity contribution in [3.63, 3.8) is 0 Å². The standard InChI is InChI=1S/C18H21N3/c1-2-16(19)11-15-13-21(12-14-7-4-3-5-8-14)18-17(15)9-6-10-20-18/h3-10,13,16H,2,11-12,19H2,1H3. The number of aromatic nitrogens is 2. The largest absolute Gasteiger partial charge is 0.328 e. The maximum Gasteiger partial charge on any atom is 0.140 e. The van der Waals surface area contributed by atoms with Gasteiger partial charge in [-0.15, -0.1) is 0 Å². The van der Waals surface area contributed by atoms with Gasteiger partial charge in [0.05, 0.1) is 0 Å². The highest BCUT2D eigenvalue weighted by Crippen LogP contribution is 2.22. The van der Waals surface area contributed by atoms with E-state index in [-0.39, 0.29) is 6.04 Å². The van der Waals surface area contributed by atoms with Crippen molar-refractivity contribution >= 4 is 11.0 Å². The molecular formula is C18H21N3. The molecule has 108 valence electrons. The number of nitrogens with two attached hydrogens (primary N) is 1. The molecule has 0 bridgehead atoms.